The number of H-pyrrole nitrogens is 1. The van der Waals surface area contributed by atoms with E-state index in [-0.39, 0.29) is 17.3 Å². The van der Waals surface area contributed by atoms with Crippen LogP contribution in [-0.4, -0.2) is 64.2 Å². The van der Waals surface area contributed by atoms with Gasteiger partial charge in [0.25, 0.3) is 5.91 Å². The van der Waals surface area contributed by atoms with Gasteiger partial charge in [-0.15, -0.1) is 10.2 Å². The van der Waals surface area contributed by atoms with Gasteiger partial charge < -0.3 is 19.9 Å². The number of aromatic nitrogens is 4. The number of nitrogens with one attached hydrogen (secondary N) is 2. The van der Waals surface area contributed by atoms with Gasteiger partial charge in [-0.3, -0.25) is 4.79 Å². The Balaban J connectivity index is 1.34. The number of ether oxygens (including phenoxy) is 1. The molecule has 4 rings (SSSR count). The Hall–Kier alpha value is -4.10. The molecule has 0 unspecified atom stereocenters. The first kappa shape index (κ1) is 24.0. The first-order valence-corrected chi connectivity index (χ1v) is 11.6. The van der Waals surface area contributed by atoms with Crippen molar-refractivity contribution in [2.45, 2.75) is 13.3 Å². The molecule has 2 N–H and O–H groups in total. The molecule has 1 aliphatic rings. The summed E-state index contributed by atoms with van der Waals surface area (Å²) in [6.45, 7) is 5.26. The zero-order chi connectivity index (χ0) is 24.6. The maximum atomic E-state index is 12.9. The summed E-state index contributed by atoms with van der Waals surface area (Å²) in [7, 11) is 0. The highest BCUT2D eigenvalue weighted by molar-refractivity contribution is 6.33. The highest BCUT2D eigenvalue weighted by Gasteiger charge is 2.23. The minimum absolute atomic E-state index is 0.0130. The maximum Gasteiger partial charge on any atom is 0.253 e. The number of allylic oxidation sites excluding steroid dienone is 1. The van der Waals surface area contributed by atoms with E-state index >= 15 is 0 Å². The van der Waals surface area contributed by atoms with Gasteiger partial charge in [0.05, 0.1) is 17.3 Å². The lowest BCUT2D eigenvalue weighted by molar-refractivity contribution is 0.0747. The Morgan fingerprint density at radius 1 is 1.23 bits per heavy atom. The Labute approximate surface area is 208 Å². The minimum Gasteiger partial charge on any atom is -0.494 e. The molecule has 2 aromatic carbocycles. The van der Waals surface area contributed by atoms with Gasteiger partial charge >= 0.3 is 0 Å². The Kier molecular flexibility index (Phi) is 7.80. The molecule has 0 radical (unpaired) electrons. The fraction of sp³-hybridized carbons (Fsp3) is 0.292. The van der Waals surface area contributed by atoms with Crippen LogP contribution >= 0.6 is 11.6 Å². The first-order chi connectivity index (χ1) is 17.1. The van der Waals surface area contributed by atoms with E-state index in [9.17, 15) is 10.1 Å². The van der Waals surface area contributed by atoms with Crippen LogP contribution in [0, 0.1) is 11.3 Å². The molecule has 3 aromatic rings. The number of amides is 1. The highest BCUT2D eigenvalue weighted by atomic mass is 35.5. The third-order valence-corrected chi connectivity index (χ3v) is 5.82. The SMILES string of the molecule is CCCOc1ccc(C(=O)N2CCN(c3ccc(NC=C(C#N)c4nn[nH]n4)cc3Cl)CC2)cc1. The summed E-state index contributed by atoms with van der Waals surface area (Å²) in [5, 5.41) is 26.3. The Morgan fingerprint density at radius 3 is 2.63 bits per heavy atom. The highest BCUT2D eigenvalue weighted by Crippen LogP contribution is 2.30. The monoisotopic (exact) mass is 492 g/mol. The van der Waals surface area contributed by atoms with E-state index in [4.69, 9.17) is 16.3 Å². The van der Waals surface area contributed by atoms with Crippen LogP contribution in [0.1, 0.15) is 29.5 Å². The number of rotatable bonds is 8. The maximum absolute atomic E-state index is 12.9. The molecular formula is C24H25ClN8O2. The number of benzene rings is 2. The Bertz CT molecular complexity index is 1210. The third kappa shape index (κ3) is 5.88. The van der Waals surface area contributed by atoms with Gasteiger partial charge in [-0.25, -0.2) is 0 Å². The largest absolute Gasteiger partial charge is 0.494 e. The lowest BCUT2D eigenvalue weighted by atomic mass is 10.1. The number of nitrogens with zero attached hydrogens (tertiary/aromatic N) is 6. The van der Waals surface area contributed by atoms with Gasteiger partial charge in [0.2, 0.25) is 5.82 Å². The zero-order valence-corrected chi connectivity index (χ0v) is 20.0. The zero-order valence-electron chi connectivity index (χ0n) is 19.2. The van der Waals surface area contributed by atoms with Crippen LogP contribution < -0.4 is 15.0 Å². The van der Waals surface area contributed by atoms with E-state index in [1.165, 1.54) is 6.20 Å². The lowest BCUT2D eigenvalue weighted by Crippen LogP contribution is -2.48. The molecule has 1 amide bonds. The van der Waals surface area contributed by atoms with E-state index < -0.39 is 0 Å². The van der Waals surface area contributed by atoms with E-state index in [1.807, 2.05) is 47.4 Å². The van der Waals surface area contributed by atoms with E-state index in [0.29, 0.717) is 43.4 Å². The minimum atomic E-state index is 0.0130. The number of aromatic amines is 1. The molecule has 2 heterocycles. The van der Waals surface area contributed by atoms with Gasteiger partial charge in [0, 0.05) is 43.6 Å². The summed E-state index contributed by atoms with van der Waals surface area (Å²) in [5.74, 6) is 0.991. The number of hydrogen-bond acceptors (Lipinski definition) is 8. The van der Waals surface area contributed by atoms with Gasteiger partial charge in [0.1, 0.15) is 17.4 Å². The molecule has 1 aromatic heterocycles. The normalized spacial score (nSPS) is 13.9. The molecule has 11 heteroatoms. The number of piperazine rings is 1. The summed E-state index contributed by atoms with van der Waals surface area (Å²) in [5.41, 5.74) is 2.50. The van der Waals surface area contributed by atoms with Crippen LogP contribution in [0.5, 0.6) is 5.75 Å². The van der Waals surface area contributed by atoms with Crippen molar-refractivity contribution in [1.82, 2.24) is 25.5 Å². The van der Waals surface area contributed by atoms with Crippen LogP contribution in [0.3, 0.4) is 0 Å². The Morgan fingerprint density at radius 2 is 2.00 bits per heavy atom. The summed E-state index contributed by atoms with van der Waals surface area (Å²) in [4.78, 5) is 16.9. The van der Waals surface area contributed by atoms with E-state index in [0.717, 1.165) is 23.5 Å². The smallest absolute Gasteiger partial charge is 0.253 e. The fourth-order valence-corrected chi connectivity index (χ4v) is 3.98. The number of nitriles is 1. The van der Waals surface area contributed by atoms with Crippen molar-refractivity contribution in [3.63, 3.8) is 0 Å². The van der Waals surface area contributed by atoms with Crippen LogP contribution in [0.4, 0.5) is 11.4 Å². The second-order valence-electron chi connectivity index (χ2n) is 7.87. The van der Waals surface area contributed by atoms with Crippen LogP contribution in [-0.2, 0) is 0 Å². The molecule has 35 heavy (non-hydrogen) atoms. The van der Waals surface area contributed by atoms with Crippen molar-refractivity contribution in [2.75, 3.05) is 43.0 Å². The molecule has 0 saturated carbocycles. The predicted molar refractivity (Wildman–Crippen MR) is 133 cm³/mol. The summed E-state index contributed by atoms with van der Waals surface area (Å²) in [6, 6.07) is 14.9. The van der Waals surface area contributed by atoms with Crippen molar-refractivity contribution in [3.05, 3.63) is 65.1 Å². The van der Waals surface area contributed by atoms with Crippen molar-refractivity contribution in [1.29, 1.82) is 5.26 Å². The number of carbonyl (C=O) groups excluding carboxylic acids is 1. The van der Waals surface area contributed by atoms with Crippen molar-refractivity contribution in [2.24, 2.45) is 0 Å². The van der Waals surface area contributed by atoms with Gasteiger partial charge in [0.15, 0.2) is 0 Å². The van der Waals surface area contributed by atoms with Crippen molar-refractivity contribution < 1.29 is 9.53 Å². The summed E-state index contributed by atoms with van der Waals surface area (Å²) < 4.78 is 5.59. The van der Waals surface area contributed by atoms with Gasteiger partial charge in [-0.05, 0) is 54.1 Å². The molecule has 1 saturated heterocycles. The summed E-state index contributed by atoms with van der Waals surface area (Å²) in [6.07, 6.45) is 2.44. The summed E-state index contributed by atoms with van der Waals surface area (Å²) >= 11 is 6.56. The molecule has 0 bridgehead atoms. The average Bonchev–Trinajstić information content (AvgIpc) is 3.43. The van der Waals surface area contributed by atoms with Crippen molar-refractivity contribution >= 4 is 34.5 Å². The number of tetrazole rings is 1. The standard InChI is InChI=1S/C24H25ClN8O2/c1-2-13-35-20-6-3-17(4-7-20)24(34)33-11-9-32(10-12-33)22-8-5-19(14-21(22)25)27-16-18(15-26)23-28-30-31-29-23/h3-8,14,16,27H,2,9-13H2,1H3,(H,28,29,30,31). The van der Waals surface area contributed by atoms with Crippen molar-refractivity contribution in [3.8, 4) is 11.8 Å². The molecule has 1 fully saturated rings. The first-order valence-electron chi connectivity index (χ1n) is 11.3. The predicted octanol–water partition coefficient (Wildman–Crippen LogP) is 3.58. The molecule has 180 valence electrons. The van der Waals surface area contributed by atoms with Crippen LogP contribution in [0.25, 0.3) is 5.57 Å². The van der Waals surface area contributed by atoms with E-state index in [1.54, 1.807) is 6.07 Å². The lowest BCUT2D eigenvalue weighted by Gasteiger charge is -2.36. The molecule has 0 atom stereocenters. The molecule has 0 spiro atoms. The van der Waals surface area contributed by atoms with E-state index in [2.05, 4.69) is 37.8 Å². The molecule has 1 aliphatic heterocycles. The second-order valence-corrected chi connectivity index (χ2v) is 8.28. The molecule has 0 aliphatic carbocycles. The van der Waals surface area contributed by atoms with Gasteiger partial charge in [-0.1, -0.05) is 18.5 Å². The second kappa shape index (κ2) is 11.4. The quantitative estimate of drug-likeness (QED) is 0.457. The average molecular weight is 493 g/mol. The number of halogens is 1. The van der Waals surface area contributed by atoms with Gasteiger partial charge in [-0.2, -0.15) is 10.5 Å². The third-order valence-electron chi connectivity index (χ3n) is 5.52. The fourth-order valence-electron chi connectivity index (χ4n) is 3.68. The van der Waals surface area contributed by atoms with Crippen LogP contribution in [0.15, 0.2) is 48.7 Å². The van der Waals surface area contributed by atoms with Crippen LogP contribution in [0.2, 0.25) is 5.02 Å². The topological polar surface area (TPSA) is 123 Å². The number of anilines is 2. The number of hydrogen-bond donors (Lipinski definition) is 2. The number of carbonyl (C=O) groups is 1. The molecule has 10 nitrogen and oxygen atoms in total. The molecular weight excluding hydrogens is 468 g/mol.